The highest BCUT2D eigenvalue weighted by atomic mass is 16.5. The number of carbonyl (C=O) groups excluding carboxylic acids is 3. The van der Waals surface area contributed by atoms with E-state index in [-0.39, 0.29) is 24.0 Å². The van der Waals surface area contributed by atoms with Gasteiger partial charge in [-0.15, -0.1) is 0 Å². The first kappa shape index (κ1) is 49.9. The van der Waals surface area contributed by atoms with Crippen LogP contribution in [0.4, 0.5) is 0 Å². The molecule has 0 atom stereocenters. The van der Waals surface area contributed by atoms with Crippen LogP contribution in [-0.2, 0) is 28.6 Å². The van der Waals surface area contributed by atoms with Crippen molar-refractivity contribution in [1.29, 1.82) is 0 Å². The summed E-state index contributed by atoms with van der Waals surface area (Å²) in [6.07, 6.45) is 44.5. The highest BCUT2D eigenvalue weighted by Gasteiger charge is 2.14. The van der Waals surface area contributed by atoms with Crippen LogP contribution in [0.3, 0.4) is 0 Å². The second kappa shape index (κ2) is 40.0. The summed E-state index contributed by atoms with van der Waals surface area (Å²) < 4.78 is 15.9. The molecule has 0 aliphatic heterocycles. The molecular weight excluding hydrogens is 650 g/mol. The Kier molecular flexibility index (Phi) is 38.4. The van der Waals surface area contributed by atoms with Crippen molar-refractivity contribution in [1.82, 2.24) is 4.90 Å². The molecule has 7 heteroatoms. The van der Waals surface area contributed by atoms with Crippen molar-refractivity contribution in [3.8, 4) is 0 Å². The van der Waals surface area contributed by atoms with Crippen LogP contribution < -0.4 is 0 Å². The molecule has 0 spiro atoms. The zero-order chi connectivity index (χ0) is 38.2. The van der Waals surface area contributed by atoms with Crippen LogP contribution in [0.2, 0.25) is 0 Å². The molecule has 0 saturated heterocycles. The lowest BCUT2D eigenvalue weighted by molar-refractivity contribution is -0.150. The van der Waals surface area contributed by atoms with Gasteiger partial charge in [0.25, 0.3) is 0 Å². The van der Waals surface area contributed by atoms with Crippen molar-refractivity contribution in [2.24, 2.45) is 0 Å². The number of esters is 3. The van der Waals surface area contributed by atoms with Crippen LogP contribution >= 0.6 is 0 Å². The molecule has 0 N–H and O–H groups in total. The Morgan fingerprint density at radius 3 is 1.13 bits per heavy atom. The van der Waals surface area contributed by atoms with Gasteiger partial charge in [-0.1, -0.05) is 114 Å². The molecule has 52 heavy (non-hydrogen) atoms. The van der Waals surface area contributed by atoms with Crippen molar-refractivity contribution in [2.75, 3.05) is 33.9 Å². The lowest BCUT2D eigenvalue weighted by Gasteiger charge is -2.18. The summed E-state index contributed by atoms with van der Waals surface area (Å²) in [5.74, 6) is -0.366. The van der Waals surface area contributed by atoms with E-state index in [4.69, 9.17) is 14.2 Å². The highest BCUT2D eigenvalue weighted by molar-refractivity contribution is 5.69. The van der Waals surface area contributed by atoms with E-state index in [1.54, 1.807) is 0 Å². The maximum absolute atomic E-state index is 12.6. The third-order valence-corrected chi connectivity index (χ3v) is 9.55. The van der Waals surface area contributed by atoms with Crippen LogP contribution in [0.15, 0.2) is 24.3 Å². The van der Waals surface area contributed by atoms with Gasteiger partial charge in [-0.2, -0.15) is 0 Å². The predicted molar refractivity (Wildman–Crippen MR) is 218 cm³/mol. The Labute approximate surface area is 321 Å². The van der Waals surface area contributed by atoms with Gasteiger partial charge in [0.2, 0.25) is 0 Å². The van der Waals surface area contributed by atoms with Crippen molar-refractivity contribution < 1.29 is 28.6 Å². The van der Waals surface area contributed by atoms with E-state index in [2.05, 4.69) is 29.2 Å². The zero-order valence-electron chi connectivity index (χ0n) is 34.6. The number of rotatable bonds is 39. The van der Waals surface area contributed by atoms with E-state index in [0.29, 0.717) is 19.6 Å². The quantitative estimate of drug-likeness (QED) is 0.0269. The van der Waals surface area contributed by atoms with E-state index in [9.17, 15) is 14.4 Å². The summed E-state index contributed by atoms with van der Waals surface area (Å²) in [5, 5.41) is 0. The van der Waals surface area contributed by atoms with Gasteiger partial charge in [-0.05, 0) is 117 Å². The molecule has 0 aliphatic carbocycles. The predicted octanol–water partition coefficient (Wildman–Crippen LogP) is 12.4. The molecular formula is C45H83NO6. The van der Waals surface area contributed by atoms with Crippen molar-refractivity contribution >= 4 is 17.9 Å². The minimum Gasteiger partial charge on any atom is -0.466 e. The molecule has 0 unspecified atom stereocenters. The van der Waals surface area contributed by atoms with Gasteiger partial charge in [0.15, 0.2) is 0 Å². The Morgan fingerprint density at radius 1 is 0.462 bits per heavy atom. The summed E-state index contributed by atoms with van der Waals surface area (Å²) in [6, 6.07) is 0. The molecule has 0 heterocycles. The van der Waals surface area contributed by atoms with Gasteiger partial charge in [-0.25, -0.2) is 0 Å². The standard InChI is InChI=1S/C45H83NO6/c1-42(47)50-40-33-29-25-21-17-13-9-5-7-11-15-19-23-27-31-36-44(52-45(49)38-35-39-46(3)4)37-32-28-24-20-16-12-8-6-10-14-18-22-26-30-34-41-51-43(2)48/h5-6,9-10,44H,7-8,11-41H2,1-4H3. The Morgan fingerprint density at radius 2 is 0.788 bits per heavy atom. The molecule has 0 aliphatic rings. The molecule has 304 valence electrons. The summed E-state index contributed by atoms with van der Waals surface area (Å²) in [5.41, 5.74) is 0. The Hall–Kier alpha value is -2.15. The molecule has 0 bridgehead atoms. The van der Waals surface area contributed by atoms with E-state index in [0.717, 1.165) is 64.3 Å². The van der Waals surface area contributed by atoms with E-state index < -0.39 is 0 Å². The highest BCUT2D eigenvalue weighted by Crippen LogP contribution is 2.18. The summed E-state index contributed by atoms with van der Waals surface area (Å²) in [7, 11) is 4.10. The summed E-state index contributed by atoms with van der Waals surface area (Å²) in [4.78, 5) is 36.2. The van der Waals surface area contributed by atoms with Gasteiger partial charge in [0.05, 0.1) is 13.2 Å². The van der Waals surface area contributed by atoms with Crippen LogP contribution in [0.5, 0.6) is 0 Å². The topological polar surface area (TPSA) is 82.1 Å². The van der Waals surface area contributed by atoms with Gasteiger partial charge in [0.1, 0.15) is 6.10 Å². The van der Waals surface area contributed by atoms with E-state index >= 15 is 0 Å². The number of unbranched alkanes of at least 4 members (excludes halogenated alkanes) is 22. The van der Waals surface area contributed by atoms with Crippen LogP contribution in [0.1, 0.15) is 206 Å². The number of carbonyl (C=O) groups is 3. The number of hydrogen-bond acceptors (Lipinski definition) is 7. The largest absolute Gasteiger partial charge is 0.466 e. The maximum Gasteiger partial charge on any atom is 0.306 e. The first-order valence-corrected chi connectivity index (χ1v) is 21.7. The minimum absolute atomic E-state index is 0.0135. The molecule has 0 aromatic carbocycles. The zero-order valence-corrected chi connectivity index (χ0v) is 34.6. The number of allylic oxidation sites excluding steroid dienone is 4. The monoisotopic (exact) mass is 734 g/mol. The lowest BCUT2D eigenvalue weighted by atomic mass is 10.0. The Bertz CT molecular complexity index is 814. The molecule has 0 amide bonds. The fraction of sp³-hybridized carbons (Fsp3) is 0.844. The van der Waals surface area contributed by atoms with Crippen LogP contribution in [0, 0.1) is 0 Å². The van der Waals surface area contributed by atoms with E-state index in [1.807, 2.05) is 14.1 Å². The Balaban J connectivity index is 3.91. The smallest absolute Gasteiger partial charge is 0.306 e. The molecule has 0 rings (SSSR count). The number of hydrogen-bond donors (Lipinski definition) is 0. The third kappa shape index (κ3) is 42.3. The second-order valence-electron chi connectivity index (χ2n) is 15.2. The molecule has 0 radical (unpaired) electrons. The average Bonchev–Trinajstić information content (AvgIpc) is 3.09. The average molecular weight is 734 g/mol. The minimum atomic E-state index is -0.176. The fourth-order valence-electron chi connectivity index (χ4n) is 6.42. The van der Waals surface area contributed by atoms with Crippen LogP contribution in [-0.4, -0.2) is 62.8 Å². The fourth-order valence-corrected chi connectivity index (χ4v) is 6.42. The summed E-state index contributed by atoms with van der Waals surface area (Å²) >= 11 is 0. The maximum atomic E-state index is 12.6. The summed E-state index contributed by atoms with van der Waals surface area (Å²) in [6.45, 7) is 4.99. The lowest BCUT2D eigenvalue weighted by Crippen LogP contribution is -2.20. The molecule has 7 nitrogen and oxygen atoms in total. The van der Waals surface area contributed by atoms with Crippen molar-refractivity contribution in [3.63, 3.8) is 0 Å². The molecule has 0 fully saturated rings. The van der Waals surface area contributed by atoms with Crippen molar-refractivity contribution in [3.05, 3.63) is 24.3 Å². The molecule has 0 aromatic rings. The van der Waals surface area contributed by atoms with Crippen LogP contribution in [0.25, 0.3) is 0 Å². The van der Waals surface area contributed by atoms with Gasteiger partial charge in [-0.3, -0.25) is 14.4 Å². The van der Waals surface area contributed by atoms with Crippen molar-refractivity contribution in [2.45, 2.75) is 213 Å². The molecule has 0 saturated carbocycles. The SMILES string of the molecule is CC(=O)OCCCCCCCC=CCCCCCCCCC(CCCCCCCCC=CCCCCCCCOC(C)=O)OC(=O)CCCN(C)C. The second-order valence-corrected chi connectivity index (χ2v) is 15.2. The third-order valence-electron chi connectivity index (χ3n) is 9.55. The first-order chi connectivity index (χ1) is 25.3. The number of ether oxygens (including phenoxy) is 3. The van der Waals surface area contributed by atoms with E-state index in [1.165, 1.54) is 142 Å². The van der Waals surface area contributed by atoms with Gasteiger partial charge in [0, 0.05) is 20.3 Å². The number of nitrogens with zero attached hydrogens (tertiary/aromatic N) is 1. The van der Waals surface area contributed by atoms with Gasteiger partial charge < -0.3 is 19.1 Å². The molecule has 0 aromatic heterocycles. The first-order valence-electron chi connectivity index (χ1n) is 21.7. The normalized spacial score (nSPS) is 12.2. The van der Waals surface area contributed by atoms with Gasteiger partial charge >= 0.3 is 17.9 Å².